The molecule has 0 spiro atoms. The monoisotopic (exact) mass is 361 g/mol. The Morgan fingerprint density at radius 1 is 1.12 bits per heavy atom. The van der Waals surface area contributed by atoms with Crippen molar-refractivity contribution in [3.63, 3.8) is 0 Å². The maximum Gasteiger partial charge on any atom is 0.0891 e. The fraction of sp³-hybridized carbons (Fsp3) is 0.227. The van der Waals surface area contributed by atoms with Crippen molar-refractivity contribution in [2.75, 3.05) is 6.54 Å². The summed E-state index contributed by atoms with van der Waals surface area (Å²) in [4.78, 5) is 10.9. The molecule has 5 rings (SSSR count). The van der Waals surface area contributed by atoms with Gasteiger partial charge in [0.2, 0.25) is 0 Å². The molecule has 0 saturated heterocycles. The van der Waals surface area contributed by atoms with Gasteiger partial charge in [0.25, 0.3) is 0 Å². The zero-order valence-corrected chi connectivity index (χ0v) is 15.4. The van der Waals surface area contributed by atoms with Crippen LogP contribution in [0.4, 0.5) is 0 Å². The SMILES string of the molecule is CC1c2[nH]c3ccccc3c2CCN1Cc1ccc2cccc(Cl)c2n1. The molecule has 0 amide bonds. The van der Waals surface area contributed by atoms with E-state index in [0.29, 0.717) is 11.1 Å². The summed E-state index contributed by atoms with van der Waals surface area (Å²) in [5.74, 6) is 0. The maximum atomic E-state index is 6.33. The van der Waals surface area contributed by atoms with E-state index in [-0.39, 0.29) is 0 Å². The zero-order chi connectivity index (χ0) is 17.7. The molecule has 1 atom stereocenters. The molecular weight excluding hydrogens is 342 g/mol. The highest BCUT2D eigenvalue weighted by molar-refractivity contribution is 6.35. The predicted octanol–water partition coefficient (Wildman–Crippen LogP) is 5.49. The number of halogens is 1. The molecule has 0 saturated carbocycles. The highest BCUT2D eigenvalue weighted by atomic mass is 35.5. The highest BCUT2D eigenvalue weighted by Crippen LogP contribution is 2.35. The summed E-state index contributed by atoms with van der Waals surface area (Å²) in [6.07, 6.45) is 1.07. The Morgan fingerprint density at radius 2 is 2.00 bits per heavy atom. The predicted molar refractivity (Wildman–Crippen MR) is 108 cm³/mol. The van der Waals surface area contributed by atoms with E-state index in [1.807, 2.05) is 12.1 Å². The van der Waals surface area contributed by atoms with E-state index in [0.717, 1.165) is 36.1 Å². The molecule has 2 aromatic heterocycles. The third kappa shape index (κ3) is 2.51. The number of aromatic nitrogens is 2. The summed E-state index contributed by atoms with van der Waals surface area (Å²) in [5.41, 5.74) is 6.01. The lowest BCUT2D eigenvalue weighted by Crippen LogP contribution is -2.33. The van der Waals surface area contributed by atoms with E-state index in [4.69, 9.17) is 16.6 Å². The number of aromatic amines is 1. The number of rotatable bonds is 2. The van der Waals surface area contributed by atoms with Gasteiger partial charge in [0.05, 0.1) is 16.2 Å². The van der Waals surface area contributed by atoms with Crippen LogP contribution >= 0.6 is 11.6 Å². The van der Waals surface area contributed by atoms with Gasteiger partial charge in [0, 0.05) is 41.1 Å². The van der Waals surface area contributed by atoms with E-state index in [2.05, 4.69) is 59.3 Å². The average molecular weight is 362 g/mol. The maximum absolute atomic E-state index is 6.33. The van der Waals surface area contributed by atoms with E-state index >= 15 is 0 Å². The molecule has 3 heterocycles. The van der Waals surface area contributed by atoms with Gasteiger partial charge in [-0.1, -0.05) is 48.0 Å². The molecule has 1 aliphatic heterocycles. The Kier molecular flexibility index (Phi) is 3.73. The lowest BCUT2D eigenvalue weighted by Gasteiger charge is -2.33. The molecule has 26 heavy (non-hydrogen) atoms. The number of benzene rings is 2. The minimum absolute atomic E-state index is 0.342. The first-order valence-electron chi connectivity index (χ1n) is 9.08. The summed E-state index contributed by atoms with van der Waals surface area (Å²) in [6.45, 7) is 4.15. The third-order valence-corrected chi connectivity index (χ3v) is 5.86. The first kappa shape index (κ1) is 15.9. The van der Waals surface area contributed by atoms with Gasteiger partial charge in [0.15, 0.2) is 0 Å². The van der Waals surface area contributed by atoms with Crippen molar-refractivity contribution >= 4 is 33.4 Å². The number of H-pyrrole nitrogens is 1. The normalized spacial score (nSPS) is 17.7. The number of nitrogens with one attached hydrogen (secondary N) is 1. The lowest BCUT2D eigenvalue weighted by atomic mass is 9.98. The lowest BCUT2D eigenvalue weighted by molar-refractivity contribution is 0.185. The standard InChI is InChI=1S/C22H20ClN3/c1-14-21-18(17-6-2-3-8-20(17)25-21)11-12-26(14)13-16-10-9-15-5-4-7-19(23)22(15)24-16/h2-10,14,25H,11-13H2,1H3. The molecule has 0 fully saturated rings. The van der Waals surface area contributed by atoms with Crippen LogP contribution in [0, 0.1) is 0 Å². The molecule has 4 heteroatoms. The topological polar surface area (TPSA) is 31.9 Å². The molecule has 2 aromatic carbocycles. The van der Waals surface area contributed by atoms with Gasteiger partial charge >= 0.3 is 0 Å². The van der Waals surface area contributed by atoms with Crippen LogP contribution in [0.25, 0.3) is 21.8 Å². The summed E-state index contributed by atoms with van der Waals surface area (Å²) in [7, 11) is 0. The largest absolute Gasteiger partial charge is 0.357 e. The number of hydrogen-bond acceptors (Lipinski definition) is 2. The van der Waals surface area contributed by atoms with Gasteiger partial charge in [0.1, 0.15) is 0 Å². The molecule has 1 N–H and O–H groups in total. The van der Waals surface area contributed by atoms with Crippen LogP contribution in [0.2, 0.25) is 5.02 Å². The van der Waals surface area contributed by atoms with Crippen molar-refractivity contribution in [3.05, 3.63) is 76.6 Å². The fourth-order valence-corrected chi connectivity index (χ4v) is 4.37. The van der Waals surface area contributed by atoms with Gasteiger partial charge in [-0.3, -0.25) is 4.90 Å². The van der Waals surface area contributed by atoms with Crippen molar-refractivity contribution < 1.29 is 0 Å². The van der Waals surface area contributed by atoms with Crippen LogP contribution in [0.1, 0.15) is 29.9 Å². The zero-order valence-electron chi connectivity index (χ0n) is 14.7. The molecule has 3 nitrogen and oxygen atoms in total. The van der Waals surface area contributed by atoms with Crippen molar-refractivity contribution in [1.29, 1.82) is 0 Å². The van der Waals surface area contributed by atoms with Crippen LogP contribution in [0.5, 0.6) is 0 Å². The van der Waals surface area contributed by atoms with Gasteiger partial charge in [-0.15, -0.1) is 0 Å². The minimum atomic E-state index is 0.342. The Bertz CT molecular complexity index is 1110. The van der Waals surface area contributed by atoms with Crippen LogP contribution in [-0.4, -0.2) is 21.4 Å². The summed E-state index contributed by atoms with van der Waals surface area (Å²) < 4.78 is 0. The average Bonchev–Trinajstić information content (AvgIpc) is 3.04. The van der Waals surface area contributed by atoms with Crippen LogP contribution in [0.3, 0.4) is 0 Å². The van der Waals surface area contributed by atoms with Gasteiger partial charge in [-0.05, 0) is 37.1 Å². The van der Waals surface area contributed by atoms with E-state index < -0.39 is 0 Å². The van der Waals surface area contributed by atoms with Crippen LogP contribution < -0.4 is 0 Å². The number of nitrogens with zero attached hydrogens (tertiary/aromatic N) is 2. The first-order chi connectivity index (χ1) is 12.7. The van der Waals surface area contributed by atoms with Crippen LogP contribution in [0.15, 0.2) is 54.6 Å². The van der Waals surface area contributed by atoms with Crippen molar-refractivity contribution in [2.45, 2.75) is 25.9 Å². The molecule has 130 valence electrons. The second-order valence-electron chi connectivity index (χ2n) is 7.07. The van der Waals surface area contributed by atoms with E-state index in [1.54, 1.807) is 0 Å². The second kappa shape index (κ2) is 6.11. The third-order valence-electron chi connectivity index (χ3n) is 5.55. The van der Waals surface area contributed by atoms with Crippen molar-refractivity contribution in [2.24, 2.45) is 0 Å². The summed E-state index contributed by atoms with van der Waals surface area (Å²) in [6, 6.07) is 19.1. The minimum Gasteiger partial charge on any atom is -0.357 e. The van der Waals surface area contributed by atoms with Gasteiger partial charge in [-0.25, -0.2) is 4.98 Å². The quantitative estimate of drug-likeness (QED) is 0.512. The van der Waals surface area contributed by atoms with Gasteiger partial charge < -0.3 is 4.98 Å². The van der Waals surface area contributed by atoms with Gasteiger partial charge in [-0.2, -0.15) is 0 Å². The summed E-state index contributed by atoms with van der Waals surface area (Å²) in [5, 5.41) is 3.17. The molecule has 0 radical (unpaired) electrons. The smallest absolute Gasteiger partial charge is 0.0891 e. The number of para-hydroxylation sites is 2. The van der Waals surface area contributed by atoms with Crippen molar-refractivity contribution in [3.8, 4) is 0 Å². The van der Waals surface area contributed by atoms with Crippen LogP contribution in [-0.2, 0) is 13.0 Å². The Hall–Kier alpha value is -2.36. The molecule has 0 bridgehead atoms. The number of pyridine rings is 1. The molecule has 1 aliphatic rings. The van der Waals surface area contributed by atoms with E-state index in [9.17, 15) is 0 Å². The molecule has 4 aromatic rings. The molecule has 0 aliphatic carbocycles. The first-order valence-corrected chi connectivity index (χ1v) is 9.46. The number of fused-ring (bicyclic) bond motifs is 4. The van der Waals surface area contributed by atoms with Crippen molar-refractivity contribution in [1.82, 2.24) is 14.9 Å². The second-order valence-corrected chi connectivity index (χ2v) is 7.48. The van der Waals surface area contributed by atoms with E-state index in [1.165, 1.54) is 22.2 Å². The summed E-state index contributed by atoms with van der Waals surface area (Å²) >= 11 is 6.33. The Balaban J connectivity index is 1.47. The highest BCUT2D eigenvalue weighted by Gasteiger charge is 2.27. The Labute approximate surface area is 157 Å². The molecular formula is C22H20ClN3. The fourth-order valence-electron chi connectivity index (χ4n) is 4.14. The Morgan fingerprint density at radius 3 is 2.92 bits per heavy atom. The number of hydrogen-bond donors (Lipinski definition) is 1. The molecule has 1 unspecified atom stereocenters.